The molecule has 0 aliphatic rings. The van der Waals surface area contributed by atoms with Crippen LogP contribution in [0, 0.1) is 0 Å². The zero-order chi connectivity index (χ0) is 25.2. The molecular weight excluding hydrogens is 484 g/mol. The molecule has 176 valence electrons. The van der Waals surface area contributed by atoms with Crippen LogP contribution in [0.5, 0.6) is 0 Å². The van der Waals surface area contributed by atoms with Crippen LogP contribution >= 0.6 is 0 Å². The summed E-state index contributed by atoms with van der Waals surface area (Å²) in [7, 11) is 0. The molecule has 0 aliphatic heterocycles. The summed E-state index contributed by atoms with van der Waals surface area (Å²) in [6, 6.07) is 47.5. The van der Waals surface area contributed by atoms with Crippen LogP contribution in [-0.2, 0) is 32.0 Å². The molecule has 0 nitrogen and oxygen atoms in total. The second kappa shape index (κ2) is 13.4. The first-order valence-corrected chi connectivity index (χ1v) is 16.5. The molecule has 0 atom stereocenters. The van der Waals surface area contributed by atoms with Crippen LogP contribution in [0.3, 0.4) is 0 Å². The minimum absolute atomic E-state index is 0.545. The molecule has 6 aromatic carbocycles. The molecule has 0 saturated heterocycles. The molecule has 6 aromatic rings. The average Bonchev–Trinajstić information content (AvgIpc) is 3.58. The van der Waals surface area contributed by atoms with E-state index in [0.717, 1.165) is 12.8 Å². The Hall–Kier alpha value is -2.97. The van der Waals surface area contributed by atoms with Gasteiger partial charge >= 0.3 is 96.4 Å². The summed E-state index contributed by atoms with van der Waals surface area (Å²) in [4.78, 5) is 0. The van der Waals surface area contributed by atoms with Gasteiger partial charge in [-0.1, -0.05) is 26.0 Å². The van der Waals surface area contributed by atoms with E-state index >= 15 is 0 Å². The topological polar surface area (TPSA) is 0 Å². The molecule has 0 unspecified atom stereocenters. The summed E-state index contributed by atoms with van der Waals surface area (Å²) < 4.78 is 0. The summed E-state index contributed by atoms with van der Waals surface area (Å²) in [5.74, 6) is 0. The molecule has 6 rings (SSSR count). The van der Waals surface area contributed by atoms with Crippen LogP contribution in [0.1, 0.15) is 25.0 Å². The van der Waals surface area contributed by atoms with Crippen LogP contribution in [0.15, 0.2) is 133 Å². The predicted molar refractivity (Wildman–Crippen MR) is 156 cm³/mol. The van der Waals surface area contributed by atoms with Gasteiger partial charge in [-0.25, -0.2) is 0 Å². The van der Waals surface area contributed by atoms with Crippen LogP contribution in [0.4, 0.5) is 0 Å². The fourth-order valence-corrected chi connectivity index (χ4v) is 7.16. The van der Waals surface area contributed by atoms with Crippen LogP contribution in [0.2, 0.25) is 0 Å². The SMILES string of the molecule is CCc1cc2ccccc2[cH-]1.CCc1cc2ccccc2[cH-]1.[Ti+2]=[Si](c1ccccc1)c1ccccc1. The maximum atomic E-state index is 2.34. The van der Waals surface area contributed by atoms with Crippen molar-refractivity contribution in [3.63, 3.8) is 0 Å². The molecule has 0 spiro atoms. The molecule has 0 amide bonds. The number of rotatable bonds is 4. The number of aryl methyl sites for hydroxylation is 2. The molecular formula is C34H32SiTi. The van der Waals surface area contributed by atoms with Gasteiger partial charge in [-0.05, 0) is 12.8 Å². The third-order valence-corrected chi connectivity index (χ3v) is 10.8. The van der Waals surface area contributed by atoms with Gasteiger partial charge in [-0.15, -0.1) is 81.2 Å². The third kappa shape index (κ3) is 7.04. The first-order valence-electron chi connectivity index (χ1n) is 12.7. The molecule has 0 saturated carbocycles. The summed E-state index contributed by atoms with van der Waals surface area (Å²) in [5, 5.41) is 8.41. The van der Waals surface area contributed by atoms with Gasteiger partial charge in [0.15, 0.2) is 0 Å². The van der Waals surface area contributed by atoms with Gasteiger partial charge in [-0.2, -0.15) is 12.1 Å². The molecule has 0 aromatic heterocycles. The molecule has 0 bridgehead atoms. The van der Waals surface area contributed by atoms with Gasteiger partial charge in [0, 0.05) is 0 Å². The first-order chi connectivity index (χ1) is 17.7. The van der Waals surface area contributed by atoms with E-state index in [1.54, 1.807) is 0 Å². The van der Waals surface area contributed by atoms with Crippen molar-refractivity contribution >= 4 is 38.1 Å². The molecule has 0 radical (unpaired) electrons. The zero-order valence-electron chi connectivity index (χ0n) is 21.1. The van der Waals surface area contributed by atoms with E-state index in [-0.39, 0.29) is 0 Å². The second-order valence-electron chi connectivity index (χ2n) is 8.80. The maximum absolute atomic E-state index is 2.34. The van der Waals surface area contributed by atoms with Crippen molar-refractivity contribution < 1.29 is 19.2 Å². The summed E-state index contributed by atoms with van der Waals surface area (Å²) in [6.07, 6.45) is 1.72. The van der Waals surface area contributed by atoms with Gasteiger partial charge in [0.2, 0.25) is 0 Å². The van der Waals surface area contributed by atoms with Crippen molar-refractivity contribution in [2.75, 3.05) is 0 Å². The standard InChI is InChI=1S/C12H10Si.2C11H11.Ti/c1-3-7-11(8-4-1)13-12-9-5-2-6-10-12;2*1-2-9-7-10-5-3-4-6-11(10)8-9;/h1-10H;2*3-8H,2H2,1H3;/q;2*-1;+2. The Morgan fingerprint density at radius 2 is 0.889 bits per heavy atom. The van der Waals surface area contributed by atoms with Gasteiger partial charge in [0.05, 0.1) is 0 Å². The Kier molecular flexibility index (Phi) is 9.69. The van der Waals surface area contributed by atoms with E-state index in [0.29, 0.717) is 0 Å². The normalized spacial score (nSPS) is 10.3. The van der Waals surface area contributed by atoms with E-state index in [1.165, 1.54) is 43.0 Å². The van der Waals surface area contributed by atoms with E-state index < -0.39 is 6.19 Å². The first kappa shape index (κ1) is 26.1. The van der Waals surface area contributed by atoms with Crippen molar-refractivity contribution in [2.45, 2.75) is 26.7 Å². The number of hydrogen-bond acceptors (Lipinski definition) is 0. The Morgan fingerprint density at radius 3 is 1.25 bits per heavy atom. The number of benzene rings is 4. The van der Waals surface area contributed by atoms with Crippen molar-refractivity contribution in [3.05, 3.63) is 145 Å². The van der Waals surface area contributed by atoms with E-state index in [2.05, 4.69) is 166 Å². The van der Waals surface area contributed by atoms with Crippen LogP contribution in [-0.4, -0.2) is 6.19 Å². The molecule has 2 heteroatoms. The van der Waals surface area contributed by atoms with Gasteiger partial charge in [0.25, 0.3) is 0 Å². The monoisotopic (exact) mass is 516 g/mol. The number of fused-ring (bicyclic) bond motifs is 2. The Balaban J connectivity index is 0.000000128. The molecule has 0 fully saturated rings. The van der Waals surface area contributed by atoms with Crippen molar-refractivity contribution in [3.8, 4) is 0 Å². The van der Waals surface area contributed by atoms with Gasteiger partial charge in [0.1, 0.15) is 0 Å². The predicted octanol–water partition coefficient (Wildman–Crippen LogP) is 7.58. The average molecular weight is 517 g/mol. The fraction of sp³-hybridized carbons (Fsp3) is 0.118. The fourth-order valence-electron chi connectivity index (χ4n) is 4.21. The molecule has 0 aliphatic carbocycles. The summed E-state index contributed by atoms with van der Waals surface area (Å²) in [5.41, 5.74) is 2.87. The molecule has 36 heavy (non-hydrogen) atoms. The summed E-state index contributed by atoms with van der Waals surface area (Å²) >= 11 is 2.34. The van der Waals surface area contributed by atoms with Crippen molar-refractivity contribution in [2.24, 2.45) is 0 Å². The minimum atomic E-state index is -0.545. The zero-order valence-corrected chi connectivity index (χ0v) is 23.7. The number of hydrogen-bond donors (Lipinski definition) is 0. The van der Waals surface area contributed by atoms with Crippen molar-refractivity contribution in [1.29, 1.82) is 0 Å². The van der Waals surface area contributed by atoms with Gasteiger partial charge < -0.3 is 0 Å². The van der Waals surface area contributed by atoms with E-state index in [4.69, 9.17) is 0 Å². The Bertz CT molecular complexity index is 1330. The van der Waals surface area contributed by atoms with E-state index in [9.17, 15) is 0 Å². The third-order valence-electron chi connectivity index (χ3n) is 6.30. The Labute approximate surface area is 227 Å². The Morgan fingerprint density at radius 1 is 0.528 bits per heavy atom. The molecule has 0 N–H and O–H groups in total. The van der Waals surface area contributed by atoms with Crippen molar-refractivity contribution in [1.82, 2.24) is 0 Å². The molecule has 0 heterocycles. The van der Waals surface area contributed by atoms with E-state index in [1.807, 2.05) is 0 Å². The van der Waals surface area contributed by atoms with Crippen LogP contribution in [0.25, 0.3) is 21.5 Å². The quantitative estimate of drug-likeness (QED) is 0.167. The van der Waals surface area contributed by atoms with Gasteiger partial charge in [-0.3, -0.25) is 0 Å². The van der Waals surface area contributed by atoms with Crippen LogP contribution < -0.4 is 10.4 Å². The second-order valence-corrected chi connectivity index (χ2v) is 13.0. The summed E-state index contributed by atoms with van der Waals surface area (Å²) in [6.45, 7) is 4.38.